The first-order chi connectivity index (χ1) is 8.72. The summed E-state index contributed by atoms with van der Waals surface area (Å²) in [5.74, 6) is 1.18. The van der Waals surface area contributed by atoms with Gasteiger partial charge in [-0.2, -0.15) is 9.97 Å². The molecule has 1 heterocycles. The van der Waals surface area contributed by atoms with Gasteiger partial charge in [0.1, 0.15) is 5.82 Å². The van der Waals surface area contributed by atoms with Gasteiger partial charge in [-0.3, -0.25) is 0 Å². The Labute approximate surface area is 110 Å². The molecule has 2 aromatic rings. The number of benzene rings is 1. The molecule has 0 spiro atoms. The first-order valence-electron chi connectivity index (χ1n) is 5.95. The third-order valence-electron chi connectivity index (χ3n) is 3.16. The number of anilines is 1. The Morgan fingerprint density at radius 2 is 2.06 bits per heavy atom. The molecule has 92 valence electrons. The van der Waals surface area contributed by atoms with E-state index >= 15 is 0 Å². The molecule has 18 heavy (non-hydrogen) atoms. The minimum Gasteiger partial charge on any atom is -0.347 e. The van der Waals surface area contributed by atoms with Gasteiger partial charge in [-0.05, 0) is 42.5 Å². The maximum Gasteiger partial charge on any atom is 0.227 e. The molecule has 0 aliphatic heterocycles. The Morgan fingerprint density at radius 1 is 1.22 bits per heavy atom. The zero-order chi connectivity index (χ0) is 12.5. The summed E-state index contributed by atoms with van der Waals surface area (Å²) in [4.78, 5) is 12.3. The van der Waals surface area contributed by atoms with Crippen molar-refractivity contribution >= 4 is 17.5 Å². The first kappa shape index (κ1) is 11.4. The van der Waals surface area contributed by atoms with Crippen LogP contribution in [-0.4, -0.2) is 15.0 Å². The summed E-state index contributed by atoms with van der Waals surface area (Å²) in [6.45, 7) is 1.81. The lowest BCUT2D eigenvalue weighted by molar-refractivity contribution is 0.747. The number of hydrogen-bond acceptors (Lipinski definition) is 4. The van der Waals surface area contributed by atoms with Crippen molar-refractivity contribution in [1.29, 1.82) is 0 Å². The second-order valence-electron chi connectivity index (χ2n) is 4.41. The SMILES string of the molecule is Cc1nc(Cl)nc(N[C@H]2CCc3ccccc32)n1. The molecule has 3 rings (SSSR count). The lowest BCUT2D eigenvalue weighted by Crippen LogP contribution is -2.11. The number of aromatic nitrogens is 3. The fourth-order valence-corrected chi connectivity index (χ4v) is 2.58. The van der Waals surface area contributed by atoms with Crippen LogP contribution in [0.25, 0.3) is 0 Å². The van der Waals surface area contributed by atoms with Gasteiger partial charge in [0.25, 0.3) is 0 Å². The summed E-state index contributed by atoms with van der Waals surface area (Å²) in [7, 11) is 0. The van der Waals surface area contributed by atoms with E-state index in [1.54, 1.807) is 6.92 Å². The van der Waals surface area contributed by atoms with Crippen LogP contribution in [0.2, 0.25) is 5.28 Å². The van der Waals surface area contributed by atoms with E-state index in [2.05, 4.69) is 44.5 Å². The molecule has 0 unspecified atom stereocenters. The average Bonchev–Trinajstić information content (AvgIpc) is 2.72. The van der Waals surface area contributed by atoms with E-state index in [-0.39, 0.29) is 11.3 Å². The molecule has 0 fully saturated rings. The summed E-state index contributed by atoms with van der Waals surface area (Å²) in [6.07, 6.45) is 2.15. The van der Waals surface area contributed by atoms with E-state index in [0.29, 0.717) is 11.8 Å². The quantitative estimate of drug-likeness (QED) is 0.902. The zero-order valence-electron chi connectivity index (χ0n) is 10.0. The van der Waals surface area contributed by atoms with Gasteiger partial charge in [-0.15, -0.1) is 0 Å². The molecule has 1 atom stereocenters. The maximum absolute atomic E-state index is 5.83. The third-order valence-corrected chi connectivity index (χ3v) is 3.33. The molecule has 5 heteroatoms. The van der Waals surface area contributed by atoms with Gasteiger partial charge >= 0.3 is 0 Å². The maximum atomic E-state index is 5.83. The Balaban J connectivity index is 1.86. The lowest BCUT2D eigenvalue weighted by atomic mass is 10.1. The number of aryl methyl sites for hydroxylation is 2. The summed E-state index contributed by atoms with van der Waals surface area (Å²) >= 11 is 5.83. The molecule has 0 radical (unpaired) electrons. The second-order valence-corrected chi connectivity index (χ2v) is 4.75. The number of rotatable bonds is 2. The molecule has 1 aromatic carbocycles. The van der Waals surface area contributed by atoms with Crippen LogP contribution in [0.1, 0.15) is 29.4 Å². The summed E-state index contributed by atoms with van der Waals surface area (Å²) in [6, 6.07) is 8.72. The van der Waals surface area contributed by atoms with Gasteiger partial charge in [-0.1, -0.05) is 24.3 Å². The highest BCUT2D eigenvalue weighted by Gasteiger charge is 2.22. The highest BCUT2D eigenvalue weighted by Crippen LogP contribution is 2.32. The van der Waals surface area contributed by atoms with Crippen molar-refractivity contribution < 1.29 is 0 Å². The monoisotopic (exact) mass is 260 g/mol. The van der Waals surface area contributed by atoms with Crippen LogP contribution in [0.3, 0.4) is 0 Å². The Bertz CT molecular complexity index is 565. The Morgan fingerprint density at radius 3 is 2.89 bits per heavy atom. The average molecular weight is 261 g/mol. The van der Waals surface area contributed by atoms with Crippen LogP contribution in [0.4, 0.5) is 5.95 Å². The molecule has 1 aliphatic rings. The van der Waals surface area contributed by atoms with Gasteiger partial charge < -0.3 is 5.32 Å². The van der Waals surface area contributed by atoms with Crippen molar-refractivity contribution in [2.75, 3.05) is 5.32 Å². The number of halogens is 1. The van der Waals surface area contributed by atoms with E-state index in [1.807, 2.05) is 0 Å². The van der Waals surface area contributed by atoms with Crippen molar-refractivity contribution in [3.05, 3.63) is 46.5 Å². The van der Waals surface area contributed by atoms with Gasteiger partial charge in [0.05, 0.1) is 6.04 Å². The molecule has 0 saturated carbocycles. The molecule has 0 amide bonds. The molecular formula is C13H13ClN4. The van der Waals surface area contributed by atoms with Gasteiger partial charge in [0.15, 0.2) is 0 Å². The van der Waals surface area contributed by atoms with E-state index in [9.17, 15) is 0 Å². The molecular weight excluding hydrogens is 248 g/mol. The molecule has 1 aromatic heterocycles. The predicted molar refractivity (Wildman–Crippen MR) is 70.7 cm³/mol. The van der Waals surface area contributed by atoms with Crippen molar-refractivity contribution in [3.63, 3.8) is 0 Å². The number of hydrogen-bond donors (Lipinski definition) is 1. The molecule has 4 nitrogen and oxygen atoms in total. The number of fused-ring (bicyclic) bond motifs is 1. The zero-order valence-corrected chi connectivity index (χ0v) is 10.8. The van der Waals surface area contributed by atoms with E-state index in [0.717, 1.165) is 12.8 Å². The van der Waals surface area contributed by atoms with Crippen LogP contribution in [0, 0.1) is 6.92 Å². The predicted octanol–water partition coefficient (Wildman–Crippen LogP) is 2.93. The minimum atomic E-state index is 0.233. The van der Waals surface area contributed by atoms with Crippen LogP contribution in [0.5, 0.6) is 0 Å². The first-order valence-corrected chi connectivity index (χ1v) is 6.33. The van der Waals surface area contributed by atoms with Crippen molar-refractivity contribution in [3.8, 4) is 0 Å². The highest BCUT2D eigenvalue weighted by molar-refractivity contribution is 6.28. The van der Waals surface area contributed by atoms with Crippen molar-refractivity contribution in [2.45, 2.75) is 25.8 Å². The third kappa shape index (κ3) is 2.16. The van der Waals surface area contributed by atoms with Crippen LogP contribution in [-0.2, 0) is 6.42 Å². The number of nitrogens with zero attached hydrogens (tertiary/aromatic N) is 3. The van der Waals surface area contributed by atoms with E-state index in [1.165, 1.54) is 11.1 Å². The van der Waals surface area contributed by atoms with Crippen molar-refractivity contribution in [2.24, 2.45) is 0 Å². The Kier molecular flexibility index (Phi) is 2.88. The van der Waals surface area contributed by atoms with Crippen LogP contribution in [0.15, 0.2) is 24.3 Å². The van der Waals surface area contributed by atoms with Crippen LogP contribution >= 0.6 is 11.6 Å². The van der Waals surface area contributed by atoms with Crippen molar-refractivity contribution in [1.82, 2.24) is 15.0 Å². The van der Waals surface area contributed by atoms with E-state index < -0.39 is 0 Å². The summed E-state index contributed by atoms with van der Waals surface area (Å²) in [5.41, 5.74) is 2.72. The van der Waals surface area contributed by atoms with Gasteiger partial charge in [0, 0.05) is 0 Å². The normalized spacial score (nSPS) is 17.6. The molecule has 0 saturated heterocycles. The van der Waals surface area contributed by atoms with Crippen LogP contribution < -0.4 is 5.32 Å². The fraction of sp³-hybridized carbons (Fsp3) is 0.308. The smallest absolute Gasteiger partial charge is 0.227 e. The Hall–Kier alpha value is -1.68. The second kappa shape index (κ2) is 4.53. The van der Waals surface area contributed by atoms with Gasteiger partial charge in [0.2, 0.25) is 11.2 Å². The van der Waals surface area contributed by atoms with E-state index in [4.69, 9.17) is 11.6 Å². The summed E-state index contributed by atoms with van der Waals surface area (Å²) < 4.78 is 0. The van der Waals surface area contributed by atoms with Gasteiger partial charge in [-0.25, -0.2) is 4.98 Å². The standard InChI is InChI=1S/C13H13ClN4/c1-8-15-12(14)18-13(16-8)17-11-7-6-9-4-2-3-5-10(9)11/h2-5,11H,6-7H2,1H3,(H,15,16,17,18)/t11-/m0/s1. The number of nitrogens with one attached hydrogen (secondary N) is 1. The topological polar surface area (TPSA) is 50.7 Å². The summed E-state index contributed by atoms with van der Waals surface area (Å²) in [5, 5.41) is 3.56. The highest BCUT2D eigenvalue weighted by atomic mass is 35.5. The minimum absolute atomic E-state index is 0.233. The molecule has 0 bridgehead atoms. The fourth-order valence-electron chi connectivity index (χ4n) is 2.38. The largest absolute Gasteiger partial charge is 0.347 e. The molecule has 1 N–H and O–H groups in total. The molecule has 1 aliphatic carbocycles. The lowest BCUT2D eigenvalue weighted by Gasteiger charge is -2.14.